The third kappa shape index (κ3) is 4.12. The molecule has 0 aliphatic carbocycles. The lowest BCUT2D eigenvalue weighted by Gasteiger charge is -2.31. The molecule has 1 N–H and O–H groups in total. The molecule has 1 amide bonds. The first kappa shape index (κ1) is 20.6. The number of carbonyl (C=O) groups is 1. The van der Waals surface area contributed by atoms with Crippen LogP contribution in [-0.4, -0.2) is 52.6 Å². The van der Waals surface area contributed by atoms with E-state index in [1.54, 1.807) is 0 Å². The molecular formula is C23H31N5O2. The molecule has 3 heterocycles. The number of hydrogen-bond acceptors (Lipinski definition) is 6. The van der Waals surface area contributed by atoms with Gasteiger partial charge in [-0.05, 0) is 44.9 Å². The maximum absolute atomic E-state index is 13.0. The predicted molar refractivity (Wildman–Crippen MR) is 118 cm³/mol. The molecule has 160 valence electrons. The third-order valence-corrected chi connectivity index (χ3v) is 5.69. The van der Waals surface area contributed by atoms with Crippen molar-refractivity contribution < 1.29 is 9.53 Å². The molecule has 4 rings (SSSR count). The van der Waals surface area contributed by atoms with E-state index < -0.39 is 0 Å². The van der Waals surface area contributed by atoms with E-state index in [-0.39, 0.29) is 18.1 Å². The molecule has 0 spiro atoms. The Bertz CT molecular complexity index is 913. The lowest BCUT2D eigenvalue weighted by Crippen LogP contribution is -2.42. The summed E-state index contributed by atoms with van der Waals surface area (Å²) in [6, 6.07) is 8.55. The Hall–Kier alpha value is -2.67. The maximum atomic E-state index is 13.0. The van der Waals surface area contributed by atoms with E-state index in [1.165, 1.54) is 5.56 Å². The minimum atomic E-state index is -0.0219. The first-order valence-electron chi connectivity index (χ1n) is 10.9. The van der Waals surface area contributed by atoms with Crippen molar-refractivity contribution in [3.63, 3.8) is 0 Å². The van der Waals surface area contributed by atoms with E-state index in [2.05, 4.69) is 41.4 Å². The highest BCUT2D eigenvalue weighted by atomic mass is 16.5. The fraction of sp³-hybridized carbons (Fsp3) is 0.522. The van der Waals surface area contributed by atoms with Crippen molar-refractivity contribution >= 4 is 23.4 Å². The first-order chi connectivity index (χ1) is 14.5. The van der Waals surface area contributed by atoms with Gasteiger partial charge in [-0.2, -0.15) is 4.98 Å². The van der Waals surface area contributed by atoms with Gasteiger partial charge in [0.15, 0.2) is 0 Å². The number of ether oxygens (including phenoxy) is 1. The lowest BCUT2D eigenvalue weighted by molar-refractivity contribution is 0.0526. The molecule has 7 nitrogen and oxygen atoms in total. The van der Waals surface area contributed by atoms with E-state index in [0.29, 0.717) is 37.2 Å². The largest absolute Gasteiger partial charge is 0.375 e. The molecule has 1 fully saturated rings. The van der Waals surface area contributed by atoms with Gasteiger partial charge in [-0.25, -0.2) is 4.98 Å². The lowest BCUT2D eigenvalue weighted by atomic mass is 10.1. The molecule has 1 atom stereocenters. The quantitative estimate of drug-likeness (QED) is 0.783. The second-order valence-electron chi connectivity index (χ2n) is 8.43. The van der Waals surface area contributed by atoms with Crippen LogP contribution in [-0.2, 0) is 17.7 Å². The second-order valence-corrected chi connectivity index (χ2v) is 8.43. The van der Waals surface area contributed by atoms with Crippen LogP contribution in [0.3, 0.4) is 0 Å². The number of benzene rings is 1. The SMILES string of the molecule is CCCc1ccc(Nc2nc(N3CCO[C@H](C)C3)nc3c2CN(C(C)C)C3=O)cc1. The van der Waals surface area contributed by atoms with Crippen LogP contribution in [0.4, 0.5) is 17.5 Å². The zero-order chi connectivity index (χ0) is 21.3. The topological polar surface area (TPSA) is 70.6 Å². The summed E-state index contributed by atoms with van der Waals surface area (Å²) in [4.78, 5) is 26.5. The van der Waals surface area contributed by atoms with Crippen molar-refractivity contribution in [1.29, 1.82) is 0 Å². The molecular weight excluding hydrogens is 378 g/mol. The van der Waals surface area contributed by atoms with E-state index in [1.807, 2.05) is 25.7 Å². The van der Waals surface area contributed by atoms with Gasteiger partial charge in [0.25, 0.3) is 5.91 Å². The fourth-order valence-corrected chi connectivity index (χ4v) is 4.02. The fourth-order valence-electron chi connectivity index (χ4n) is 4.02. The normalized spacial score (nSPS) is 18.8. The number of hydrogen-bond donors (Lipinski definition) is 1. The minimum absolute atomic E-state index is 0.0219. The van der Waals surface area contributed by atoms with E-state index >= 15 is 0 Å². The molecule has 2 aliphatic rings. The maximum Gasteiger partial charge on any atom is 0.273 e. The van der Waals surface area contributed by atoms with E-state index in [4.69, 9.17) is 14.7 Å². The highest BCUT2D eigenvalue weighted by molar-refractivity contribution is 5.98. The number of aromatic nitrogens is 2. The van der Waals surface area contributed by atoms with Crippen molar-refractivity contribution in [2.45, 2.75) is 59.2 Å². The van der Waals surface area contributed by atoms with Crippen molar-refractivity contribution in [3.8, 4) is 0 Å². The van der Waals surface area contributed by atoms with Crippen LogP contribution in [0.1, 0.15) is 55.7 Å². The summed E-state index contributed by atoms with van der Waals surface area (Å²) in [7, 11) is 0. The van der Waals surface area contributed by atoms with Crippen LogP contribution in [0, 0.1) is 0 Å². The highest BCUT2D eigenvalue weighted by Gasteiger charge is 2.35. The van der Waals surface area contributed by atoms with Crippen LogP contribution in [0.2, 0.25) is 0 Å². The average Bonchev–Trinajstić information content (AvgIpc) is 3.07. The Labute approximate surface area is 178 Å². The summed E-state index contributed by atoms with van der Waals surface area (Å²) < 4.78 is 5.66. The number of amides is 1. The monoisotopic (exact) mass is 409 g/mol. The highest BCUT2D eigenvalue weighted by Crippen LogP contribution is 2.32. The molecule has 2 aromatic rings. The van der Waals surface area contributed by atoms with Gasteiger partial charge < -0.3 is 19.9 Å². The van der Waals surface area contributed by atoms with Crippen LogP contribution in [0.25, 0.3) is 0 Å². The van der Waals surface area contributed by atoms with Gasteiger partial charge in [0.05, 0.1) is 19.3 Å². The van der Waals surface area contributed by atoms with Crippen LogP contribution in [0.5, 0.6) is 0 Å². The Kier molecular flexibility index (Phi) is 5.90. The zero-order valence-electron chi connectivity index (χ0n) is 18.3. The standard InChI is InChI=1S/C23H31N5O2/c1-5-6-17-7-9-18(10-8-17)24-21-19-14-28(15(2)3)22(29)20(19)25-23(26-21)27-11-12-30-16(4)13-27/h7-10,15-16H,5-6,11-14H2,1-4H3,(H,24,25,26)/t16-/m1/s1. The van der Waals surface area contributed by atoms with Crippen molar-refractivity contribution in [2.75, 3.05) is 29.9 Å². The van der Waals surface area contributed by atoms with Crippen LogP contribution < -0.4 is 10.2 Å². The van der Waals surface area contributed by atoms with Gasteiger partial charge in [0.1, 0.15) is 11.5 Å². The Morgan fingerprint density at radius 1 is 1.23 bits per heavy atom. The molecule has 7 heteroatoms. The predicted octanol–water partition coefficient (Wildman–Crippen LogP) is 3.76. The summed E-state index contributed by atoms with van der Waals surface area (Å²) in [5.41, 5.74) is 3.67. The molecule has 0 unspecified atom stereocenters. The zero-order valence-corrected chi connectivity index (χ0v) is 18.3. The average molecular weight is 410 g/mol. The summed E-state index contributed by atoms with van der Waals surface area (Å²) in [6.45, 7) is 10.9. The third-order valence-electron chi connectivity index (χ3n) is 5.69. The van der Waals surface area contributed by atoms with Crippen molar-refractivity contribution in [2.24, 2.45) is 0 Å². The summed E-state index contributed by atoms with van der Waals surface area (Å²) in [5.74, 6) is 1.29. The van der Waals surface area contributed by atoms with Gasteiger partial charge in [-0.1, -0.05) is 25.5 Å². The van der Waals surface area contributed by atoms with Crippen molar-refractivity contribution in [1.82, 2.24) is 14.9 Å². The summed E-state index contributed by atoms with van der Waals surface area (Å²) in [6.07, 6.45) is 2.31. The van der Waals surface area contributed by atoms with Crippen molar-refractivity contribution in [3.05, 3.63) is 41.1 Å². The van der Waals surface area contributed by atoms with Gasteiger partial charge in [0.2, 0.25) is 5.95 Å². The molecule has 0 bridgehead atoms. The molecule has 0 radical (unpaired) electrons. The first-order valence-corrected chi connectivity index (χ1v) is 10.9. The van der Waals surface area contributed by atoms with Crippen LogP contribution in [0.15, 0.2) is 24.3 Å². The van der Waals surface area contributed by atoms with Gasteiger partial charge in [0, 0.05) is 30.4 Å². The Balaban J connectivity index is 1.69. The Morgan fingerprint density at radius 3 is 2.67 bits per heavy atom. The number of morpholine rings is 1. The number of aryl methyl sites for hydroxylation is 1. The number of fused-ring (bicyclic) bond motifs is 1. The minimum Gasteiger partial charge on any atom is -0.375 e. The summed E-state index contributed by atoms with van der Waals surface area (Å²) >= 11 is 0. The number of nitrogens with zero attached hydrogens (tertiary/aromatic N) is 4. The number of rotatable bonds is 6. The molecule has 30 heavy (non-hydrogen) atoms. The molecule has 1 aromatic carbocycles. The van der Waals surface area contributed by atoms with Gasteiger partial charge >= 0.3 is 0 Å². The Morgan fingerprint density at radius 2 is 2.00 bits per heavy atom. The molecule has 0 saturated carbocycles. The number of anilines is 3. The number of carbonyl (C=O) groups excluding carboxylic acids is 1. The second kappa shape index (κ2) is 8.60. The van der Waals surface area contributed by atoms with E-state index in [0.717, 1.165) is 30.6 Å². The number of nitrogens with one attached hydrogen (secondary N) is 1. The smallest absolute Gasteiger partial charge is 0.273 e. The molecule has 2 aliphatic heterocycles. The summed E-state index contributed by atoms with van der Waals surface area (Å²) in [5, 5.41) is 3.46. The molecule has 1 aromatic heterocycles. The molecule has 1 saturated heterocycles. The van der Waals surface area contributed by atoms with Gasteiger partial charge in [-0.15, -0.1) is 0 Å². The van der Waals surface area contributed by atoms with Crippen LogP contribution >= 0.6 is 0 Å². The van der Waals surface area contributed by atoms with Gasteiger partial charge in [-0.3, -0.25) is 4.79 Å². The van der Waals surface area contributed by atoms with E-state index in [9.17, 15) is 4.79 Å².